The zero-order valence-electron chi connectivity index (χ0n) is 11.1. The van der Waals surface area contributed by atoms with Crippen molar-refractivity contribution in [2.75, 3.05) is 5.32 Å². The van der Waals surface area contributed by atoms with E-state index in [0.717, 1.165) is 16.9 Å². The molecule has 20 heavy (non-hydrogen) atoms. The van der Waals surface area contributed by atoms with Crippen LogP contribution in [0.4, 0.5) is 5.69 Å². The first-order chi connectivity index (χ1) is 9.65. The first-order valence-corrected chi connectivity index (χ1v) is 6.19. The number of hydrogen-bond donors (Lipinski definition) is 2. The van der Waals surface area contributed by atoms with Gasteiger partial charge in [0.15, 0.2) is 0 Å². The highest BCUT2D eigenvalue weighted by Gasteiger charge is 2.12. The number of aromatic nitrogens is 4. The van der Waals surface area contributed by atoms with Crippen LogP contribution in [-0.2, 0) is 0 Å². The fraction of sp³-hybridized carbons (Fsp3) is 0.143. The molecule has 0 bridgehead atoms. The third-order valence-corrected chi connectivity index (χ3v) is 3.10. The third-order valence-electron chi connectivity index (χ3n) is 3.10. The Hall–Kier alpha value is -2.76. The van der Waals surface area contributed by atoms with E-state index in [9.17, 15) is 4.79 Å². The maximum atomic E-state index is 12.3. The van der Waals surface area contributed by atoms with Crippen LogP contribution in [0.5, 0.6) is 0 Å². The molecule has 0 spiro atoms. The van der Waals surface area contributed by atoms with Crippen LogP contribution in [0.3, 0.4) is 0 Å². The largest absolute Gasteiger partial charge is 0.319 e. The minimum atomic E-state index is -0.190. The van der Waals surface area contributed by atoms with Crippen molar-refractivity contribution in [2.24, 2.45) is 0 Å². The summed E-state index contributed by atoms with van der Waals surface area (Å²) >= 11 is 0. The molecule has 3 aromatic rings. The topological polar surface area (TPSA) is 83.6 Å². The van der Waals surface area contributed by atoms with Gasteiger partial charge in [0.25, 0.3) is 5.91 Å². The molecule has 2 heterocycles. The molecule has 0 aliphatic carbocycles. The van der Waals surface area contributed by atoms with Gasteiger partial charge in [0.1, 0.15) is 0 Å². The van der Waals surface area contributed by atoms with Crippen LogP contribution in [0.1, 0.15) is 21.7 Å². The molecule has 3 rings (SSSR count). The number of amides is 1. The van der Waals surface area contributed by atoms with Crippen molar-refractivity contribution < 1.29 is 4.79 Å². The number of nitrogens with zero attached hydrogens (tertiary/aromatic N) is 3. The van der Waals surface area contributed by atoms with Gasteiger partial charge in [-0.2, -0.15) is 5.10 Å². The van der Waals surface area contributed by atoms with E-state index >= 15 is 0 Å². The Kier molecular flexibility index (Phi) is 2.90. The number of hydrogen-bond acceptors (Lipinski definition) is 4. The van der Waals surface area contributed by atoms with E-state index in [2.05, 4.69) is 25.5 Å². The van der Waals surface area contributed by atoms with Gasteiger partial charge in [-0.15, -0.1) is 0 Å². The van der Waals surface area contributed by atoms with E-state index in [1.807, 2.05) is 13.8 Å². The minimum absolute atomic E-state index is 0.190. The Bertz CT molecular complexity index is 774. The second kappa shape index (κ2) is 4.73. The van der Waals surface area contributed by atoms with Crippen LogP contribution >= 0.6 is 0 Å². The fourth-order valence-corrected chi connectivity index (χ4v) is 2.03. The molecule has 0 aliphatic rings. The van der Waals surface area contributed by atoms with Gasteiger partial charge in [0, 0.05) is 18.0 Å². The molecule has 6 heteroatoms. The molecule has 1 aromatic carbocycles. The summed E-state index contributed by atoms with van der Waals surface area (Å²) in [7, 11) is 0. The summed E-state index contributed by atoms with van der Waals surface area (Å²) < 4.78 is 0. The summed E-state index contributed by atoms with van der Waals surface area (Å²) in [4.78, 5) is 20.6. The number of rotatable bonds is 2. The summed E-state index contributed by atoms with van der Waals surface area (Å²) in [5, 5.41) is 9.75. The highest BCUT2D eigenvalue weighted by atomic mass is 16.1. The molecule has 100 valence electrons. The van der Waals surface area contributed by atoms with Crippen LogP contribution in [0.2, 0.25) is 0 Å². The quantitative estimate of drug-likeness (QED) is 0.745. The van der Waals surface area contributed by atoms with E-state index < -0.39 is 0 Å². The first kappa shape index (κ1) is 12.3. The average molecular weight is 267 g/mol. The van der Waals surface area contributed by atoms with Gasteiger partial charge in [0.05, 0.1) is 28.1 Å². The zero-order chi connectivity index (χ0) is 14.1. The lowest BCUT2D eigenvalue weighted by Crippen LogP contribution is -2.13. The van der Waals surface area contributed by atoms with Gasteiger partial charge < -0.3 is 5.32 Å². The number of carbonyl (C=O) groups is 1. The highest BCUT2D eigenvalue weighted by molar-refractivity contribution is 6.06. The lowest BCUT2D eigenvalue weighted by Gasteiger charge is -2.06. The molecule has 0 aliphatic heterocycles. The van der Waals surface area contributed by atoms with E-state index in [0.29, 0.717) is 16.8 Å². The van der Waals surface area contributed by atoms with Crippen molar-refractivity contribution in [1.82, 2.24) is 20.2 Å². The van der Waals surface area contributed by atoms with Crippen molar-refractivity contribution in [2.45, 2.75) is 13.8 Å². The molecule has 2 aromatic heterocycles. The summed E-state index contributed by atoms with van der Waals surface area (Å²) in [6, 6.07) is 5.24. The summed E-state index contributed by atoms with van der Waals surface area (Å²) in [5.41, 5.74) is 4.31. The summed E-state index contributed by atoms with van der Waals surface area (Å²) in [6.07, 6.45) is 3.23. The van der Waals surface area contributed by atoms with Gasteiger partial charge in [-0.3, -0.25) is 19.9 Å². The van der Waals surface area contributed by atoms with Crippen LogP contribution < -0.4 is 5.32 Å². The Morgan fingerprint density at radius 1 is 1.15 bits per heavy atom. The third kappa shape index (κ3) is 2.11. The second-order valence-electron chi connectivity index (χ2n) is 4.52. The molecule has 2 N–H and O–H groups in total. The SMILES string of the molecule is Cc1n[nH]c(C)c1NC(=O)c1ccc2nccnc2c1. The van der Waals surface area contributed by atoms with Crippen molar-refractivity contribution in [1.29, 1.82) is 0 Å². The average Bonchev–Trinajstić information content (AvgIpc) is 2.78. The summed E-state index contributed by atoms with van der Waals surface area (Å²) in [6.45, 7) is 3.70. The van der Waals surface area contributed by atoms with Gasteiger partial charge in [-0.05, 0) is 32.0 Å². The number of aryl methyl sites for hydroxylation is 2. The molecule has 0 atom stereocenters. The van der Waals surface area contributed by atoms with Crippen LogP contribution in [0.15, 0.2) is 30.6 Å². The number of carbonyl (C=O) groups excluding carboxylic acids is 1. The van der Waals surface area contributed by atoms with Gasteiger partial charge in [0.2, 0.25) is 0 Å². The van der Waals surface area contributed by atoms with Gasteiger partial charge in [-0.1, -0.05) is 0 Å². The number of benzene rings is 1. The zero-order valence-corrected chi connectivity index (χ0v) is 11.1. The van der Waals surface area contributed by atoms with Gasteiger partial charge in [-0.25, -0.2) is 0 Å². The van der Waals surface area contributed by atoms with E-state index in [1.165, 1.54) is 0 Å². The van der Waals surface area contributed by atoms with Crippen LogP contribution in [0, 0.1) is 13.8 Å². The number of aromatic amines is 1. The molecule has 0 radical (unpaired) electrons. The number of anilines is 1. The molecule has 0 unspecified atom stereocenters. The normalized spacial score (nSPS) is 10.7. The van der Waals surface area contributed by atoms with Crippen molar-refractivity contribution >= 4 is 22.6 Å². The highest BCUT2D eigenvalue weighted by Crippen LogP contribution is 2.18. The predicted octanol–water partition coefficient (Wildman–Crippen LogP) is 2.22. The van der Waals surface area contributed by atoms with Crippen molar-refractivity contribution in [3.05, 3.63) is 47.5 Å². The van der Waals surface area contributed by atoms with E-state index in [4.69, 9.17) is 0 Å². The predicted molar refractivity (Wildman–Crippen MR) is 75.6 cm³/mol. The lowest BCUT2D eigenvalue weighted by molar-refractivity contribution is 0.102. The van der Waals surface area contributed by atoms with Crippen molar-refractivity contribution in [3.8, 4) is 0 Å². The van der Waals surface area contributed by atoms with Gasteiger partial charge >= 0.3 is 0 Å². The van der Waals surface area contributed by atoms with Crippen molar-refractivity contribution in [3.63, 3.8) is 0 Å². The fourth-order valence-electron chi connectivity index (χ4n) is 2.03. The second-order valence-corrected chi connectivity index (χ2v) is 4.52. The molecular formula is C14H13N5O. The molecule has 6 nitrogen and oxygen atoms in total. The Morgan fingerprint density at radius 2 is 1.90 bits per heavy atom. The molecule has 0 fully saturated rings. The molecular weight excluding hydrogens is 254 g/mol. The van der Waals surface area contributed by atoms with E-state index in [1.54, 1.807) is 30.6 Å². The Morgan fingerprint density at radius 3 is 2.60 bits per heavy atom. The smallest absolute Gasteiger partial charge is 0.255 e. The monoisotopic (exact) mass is 267 g/mol. The number of nitrogens with one attached hydrogen (secondary N) is 2. The lowest BCUT2D eigenvalue weighted by atomic mass is 10.1. The first-order valence-electron chi connectivity index (χ1n) is 6.19. The number of fused-ring (bicyclic) bond motifs is 1. The number of H-pyrrole nitrogens is 1. The molecule has 0 saturated carbocycles. The minimum Gasteiger partial charge on any atom is -0.319 e. The maximum Gasteiger partial charge on any atom is 0.255 e. The standard InChI is InChI=1S/C14H13N5O/c1-8-13(9(2)19-18-8)17-14(20)10-3-4-11-12(7-10)16-6-5-15-11/h3-7H,1-2H3,(H,17,20)(H,18,19). The van der Waals surface area contributed by atoms with Crippen LogP contribution in [-0.4, -0.2) is 26.1 Å². The Balaban J connectivity index is 1.93. The van der Waals surface area contributed by atoms with Crippen LogP contribution in [0.25, 0.3) is 11.0 Å². The summed E-state index contributed by atoms with van der Waals surface area (Å²) in [5.74, 6) is -0.190. The Labute approximate surface area is 115 Å². The van der Waals surface area contributed by atoms with E-state index in [-0.39, 0.29) is 5.91 Å². The maximum absolute atomic E-state index is 12.3. The molecule has 0 saturated heterocycles. The molecule has 1 amide bonds.